The molecule has 1 N–H and O–H groups in total. The Bertz CT molecular complexity index is 1300. The van der Waals surface area contributed by atoms with E-state index < -0.39 is 52.8 Å². The van der Waals surface area contributed by atoms with Crippen LogP contribution in [0.1, 0.15) is 38.9 Å². The lowest BCUT2D eigenvalue weighted by molar-refractivity contribution is 0.0735. The summed E-state index contributed by atoms with van der Waals surface area (Å²) in [4.78, 5) is 40.8. The molecule has 1 aromatic heterocycles. The number of nitrogens with zero attached hydrogens (tertiary/aromatic N) is 2. The van der Waals surface area contributed by atoms with Gasteiger partial charge < -0.3 is 24.3 Å². The fraction of sp³-hybridized carbons (Fsp3) is 0.292. The van der Waals surface area contributed by atoms with Crippen molar-refractivity contribution in [2.45, 2.75) is 19.0 Å². The van der Waals surface area contributed by atoms with Gasteiger partial charge >= 0.3 is 0 Å². The van der Waals surface area contributed by atoms with Crippen LogP contribution < -0.4 is 15.5 Å². The molecule has 4 rings (SSSR count). The van der Waals surface area contributed by atoms with Crippen LogP contribution in [0.3, 0.4) is 0 Å². The number of pyridine rings is 1. The molecule has 0 radical (unpaired) electrons. The third-order valence-electron chi connectivity index (χ3n) is 5.90. The van der Waals surface area contributed by atoms with Crippen LogP contribution >= 0.6 is 0 Å². The van der Waals surface area contributed by atoms with Crippen molar-refractivity contribution in [3.63, 3.8) is 0 Å². The number of ether oxygens (including phenoxy) is 2. The zero-order valence-corrected chi connectivity index (χ0v) is 18.9. The van der Waals surface area contributed by atoms with E-state index in [9.17, 15) is 27.6 Å². The topological polar surface area (TPSA) is 89.9 Å². The van der Waals surface area contributed by atoms with Crippen molar-refractivity contribution in [1.82, 2.24) is 14.8 Å². The number of aromatic nitrogens is 1. The van der Waals surface area contributed by atoms with Gasteiger partial charge in [-0.05, 0) is 12.5 Å². The van der Waals surface area contributed by atoms with Crippen LogP contribution in [0.15, 0.2) is 47.0 Å². The highest BCUT2D eigenvalue weighted by molar-refractivity contribution is 6.00. The first-order chi connectivity index (χ1) is 16.8. The van der Waals surface area contributed by atoms with Gasteiger partial charge in [0.2, 0.25) is 5.43 Å². The second kappa shape index (κ2) is 9.79. The van der Waals surface area contributed by atoms with Gasteiger partial charge in [-0.2, -0.15) is 0 Å². The average Bonchev–Trinajstić information content (AvgIpc) is 2.83. The number of carbonyl (C=O) groups excluding carboxylic acids is 2. The molecule has 1 atom stereocenters. The average molecular weight is 489 g/mol. The zero-order chi connectivity index (χ0) is 25.3. The minimum Gasteiger partial charge on any atom is -0.491 e. The van der Waals surface area contributed by atoms with Crippen molar-refractivity contribution in [2.75, 3.05) is 27.4 Å². The van der Waals surface area contributed by atoms with Crippen molar-refractivity contribution in [3.8, 4) is 5.75 Å². The molecule has 11 heteroatoms. The molecule has 0 bridgehead atoms. The molecular formula is C24H22F3N3O5. The van der Waals surface area contributed by atoms with Crippen LogP contribution in [0, 0.1) is 17.5 Å². The molecule has 0 saturated carbocycles. The van der Waals surface area contributed by atoms with Gasteiger partial charge in [0.25, 0.3) is 11.8 Å². The molecule has 2 aliphatic rings. The van der Waals surface area contributed by atoms with Gasteiger partial charge in [0, 0.05) is 56.4 Å². The minimum absolute atomic E-state index is 0.0155. The number of allylic oxidation sites excluding steroid dienone is 3. The summed E-state index contributed by atoms with van der Waals surface area (Å²) in [5.74, 6) is -5.18. The highest BCUT2D eigenvalue weighted by Crippen LogP contribution is 2.36. The van der Waals surface area contributed by atoms with E-state index in [2.05, 4.69) is 5.32 Å². The number of carbonyl (C=O) groups is 2. The first kappa shape index (κ1) is 24.3. The maximum Gasteiger partial charge on any atom is 0.279 e. The Kier molecular flexibility index (Phi) is 6.79. The van der Waals surface area contributed by atoms with Crippen LogP contribution in [0.25, 0.3) is 0 Å². The summed E-state index contributed by atoms with van der Waals surface area (Å²) in [6, 6.07) is 0.525. The molecule has 0 fully saturated rings. The molecule has 1 aromatic carbocycles. The molecule has 2 amide bonds. The number of benzene rings is 1. The van der Waals surface area contributed by atoms with Crippen LogP contribution in [0.2, 0.25) is 0 Å². The Labute approximate surface area is 198 Å². The number of halogens is 3. The Morgan fingerprint density at radius 2 is 1.89 bits per heavy atom. The van der Waals surface area contributed by atoms with E-state index in [4.69, 9.17) is 9.47 Å². The first-order valence-electron chi connectivity index (χ1n) is 10.7. The van der Waals surface area contributed by atoms with E-state index in [1.54, 1.807) is 12.2 Å². The van der Waals surface area contributed by atoms with Gasteiger partial charge in [0.05, 0.1) is 13.2 Å². The number of hydrogen-bond donors (Lipinski definition) is 1. The second-order valence-corrected chi connectivity index (χ2v) is 7.92. The standard InChI is InChI=1S/C24H22F3N3O5/c1-34-8-6-19-18-5-3-4-7-29(18)24(33)20-22(35-2)21(31)15(12-30(19)20)23(32)28-11-14-16(26)9-13(25)10-17(14)27/h3-5,9-10,12,19H,6-8,11H2,1-2H3,(H,28,32). The molecule has 3 heterocycles. The second-order valence-electron chi connectivity index (χ2n) is 7.92. The van der Waals surface area contributed by atoms with Crippen LogP contribution in [0.4, 0.5) is 13.2 Å². The summed E-state index contributed by atoms with van der Waals surface area (Å²) in [6.45, 7) is 0.00482. The van der Waals surface area contributed by atoms with Crippen LogP contribution in [-0.2, 0) is 11.3 Å². The van der Waals surface area contributed by atoms with E-state index in [-0.39, 0.29) is 17.0 Å². The van der Waals surface area contributed by atoms with Crippen molar-refractivity contribution in [1.29, 1.82) is 0 Å². The van der Waals surface area contributed by atoms with Crippen LogP contribution in [-0.4, -0.2) is 48.7 Å². The molecular weight excluding hydrogens is 467 g/mol. The maximum atomic E-state index is 14.0. The third-order valence-corrected chi connectivity index (χ3v) is 5.90. The first-order valence-corrected chi connectivity index (χ1v) is 10.7. The van der Waals surface area contributed by atoms with Gasteiger partial charge in [-0.15, -0.1) is 0 Å². The Morgan fingerprint density at radius 3 is 2.54 bits per heavy atom. The molecule has 2 aromatic rings. The minimum atomic E-state index is -1.18. The monoisotopic (exact) mass is 489 g/mol. The molecule has 35 heavy (non-hydrogen) atoms. The van der Waals surface area contributed by atoms with Crippen LogP contribution in [0.5, 0.6) is 5.75 Å². The molecule has 0 saturated heterocycles. The summed E-state index contributed by atoms with van der Waals surface area (Å²) in [5, 5.41) is 2.28. The largest absolute Gasteiger partial charge is 0.491 e. The number of amides is 2. The van der Waals surface area contributed by atoms with Gasteiger partial charge in [0.15, 0.2) is 11.4 Å². The fourth-order valence-electron chi connectivity index (χ4n) is 4.22. The number of nitrogens with one attached hydrogen (secondary N) is 1. The van der Waals surface area contributed by atoms with Gasteiger partial charge in [-0.25, -0.2) is 13.2 Å². The summed E-state index contributed by atoms with van der Waals surface area (Å²) < 4.78 is 53.1. The summed E-state index contributed by atoms with van der Waals surface area (Å²) >= 11 is 0. The predicted octanol–water partition coefficient (Wildman–Crippen LogP) is 2.69. The Morgan fingerprint density at radius 1 is 1.17 bits per heavy atom. The zero-order valence-electron chi connectivity index (χ0n) is 18.9. The third kappa shape index (κ3) is 4.34. The normalized spacial score (nSPS) is 16.5. The molecule has 0 spiro atoms. The predicted molar refractivity (Wildman–Crippen MR) is 119 cm³/mol. The van der Waals surface area contributed by atoms with Gasteiger partial charge in [0.1, 0.15) is 23.0 Å². The lowest BCUT2D eigenvalue weighted by Crippen LogP contribution is -2.45. The number of fused-ring (bicyclic) bond motifs is 2. The Hall–Kier alpha value is -3.86. The molecule has 8 nitrogen and oxygen atoms in total. The lowest BCUT2D eigenvalue weighted by atomic mass is 9.99. The Balaban J connectivity index is 1.76. The van der Waals surface area contributed by atoms with Crippen molar-refractivity contribution >= 4 is 11.8 Å². The summed E-state index contributed by atoms with van der Waals surface area (Å²) in [7, 11) is 2.74. The SMILES string of the molecule is COCCC1C2=CC=CCN2C(=O)c2c(OC)c(=O)c(C(=O)NCc3c(F)cc(F)cc3F)cn21. The molecule has 1 unspecified atom stereocenters. The quantitative estimate of drug-likeness (QED) is 0.646. The molecule has 0 aliphatic carbocycles. The number of methoxy groups -OCH3 is 2. The summed E-state index contributed by atoms with van der Waals surface area (Å²) in [6.07, 6.45) is 7.04. The van der Waals surface area contributed by atoms with E-state index >= 15 is 0 Å². The number of hydrogen-bond acceptors (Lipinski definition) is 5. The van der Waals surface area contributed by atoms with Gasteiger partial charge in [-0.1, -0.05) is 12.2 Å². The molecule has 184 valence electrons. The highest BCUT2D eigenvalue weighted by atomic mass is 19.1. The summed E-state index contributed by atoms with van der Waals surface area (Å²) in [5.41, 5.74) is -1.15. The van der Waals surface area contributed by atoms with E-state index in [0.717, 1.165) is 0 Å². The lowest BCUT2D eigenvalue weighted by Gasteiger charge is -2.39. The van der Waals surface area contributed by atoms with Crippen molar-refractivity contribution in [3.05, 3.63) is 86.8 Å². The smallest absolute Gasteiger partial charge is 0.279 e. The van der Waals surface area contributed by atoms with E-state index in [0.29, 0.717) is 37.4 Å². The highest BCUT2D eigenvalue weighted by Gasteiger charge is 2.39. The van der Waals surface area contributed by atoms with Gasteiger partial charge in [-0.3, -0.25) is 14.4 Å². The fourth-order valence-corrected chi connectivity index (χ4v) is 4.22. The maximum absolute atomic E-state index is 14.0. The van der Waals surface area contributed by atoms with Crippen molar-refractivity contribution in [2.24, 2.45) is 0 Å². The van der Waals surface area contributed by atoms with Crippen molar-refractivity contribution < 1.29 is 32.2 Å². The number of rotatable bonds is 7. The van der Waals surface area contributed by atoms with E-state index in [1.807, 2.05) is 6.08 Å². The van der Waals surface area contributed by atoms with E-state index in [1.165, 1.54) is 29.9 Å². The molecule has 2 aliphatic heterocycles.